The van der Waals surface area contributed by atoms with Crippen LogP contribution in [0.4, 0.5) is 0 Å². The third kappa shape index (κ3) is 22.5. The molecule has 0 aliphatic heterocycles. The molecule has 1 unspecified atom stereocenters. The van der Waals surface area contributed by atoms with Crippen molar-refractivity contribution in [2.45, 2.75) is 58.9 Å². The quantitative estimate of drug-likeness (QED) is 0.628. The molecule has 0 saturated carbocycles. The number of rotatable bonds is 5. The molecular formula is C10H26N2. The lowest BCUT2D eigenvalue weighted by molar-refractivity contribution is 0.674. The summed E-state index contributed by atoms with van der Waals surface area (Å²) in [5, 5.41) is 0. The first-order valence-electron chi connectivity index (χ1n) is 5.14. The Balaban J connectivity index is 0. The summed E-state index contributed by atoms with van der Waals surface area (Å²) in [6.45, 7) is 7.14. The normalized spacial score (nSPS) is 11.8. The SMILES string of the molecule is CCC(C)N.CCCCCCN. The van der Waals surface area contributed by atoms with E-state index < -0.39 is 0 Å². The fraction of sp³-hybridized carbons (Fsp3) is 1.00. The van der Waals surface area contributed by atoms with Crippen molar-refractivity contribution in [3.8, 4) is 0 Å². The largest absolute Gasteiger partial charge is 0.330 e. The van der Waals surface area contributed by atoms with E-state index in [9.17, 15) is 0 Å². The number of nitrogens with two attached hydrogens (primary N) is 2. The van der Waals surface area contributed by atoms with Crippen molar-refractivity contribution >= 4 is 0 Å². The van der Waals surface area contributed by atoms with Gasteiger partial charge >= 0.3 is 0 Å². The zero-order valence-electron chi connectivity index (χ0n) is 8.97. The molecule has 0 spiro atoms. The molecule has 0 aromatic carbocycles. The van der Waals surface area contributed by atoms with E-state index in [1.54, 1.807) is 0 Å². The van der Waals surface area contributed by atoms with Gasteiger partial charge in [-0.1, -0.05) is 33.1 Å². The van der Waals surface area contributed by atoms with E-state index in [2.05, 4.69) is 13.8 Å². The van der Waals surface area contributed by atoms with E-state index in [4.69, 9.17) is 11.5 Å². The maximum atomic E-state index is 5.29. The third-order valence-corrected chi connectivity index (χ3v) is 1.70. The molecule has 0 bridgehead atoms. The topological polar surface area (TPSA) is 52.0 Å². The van der Waals surface area contributed by atoms with E-state index in [-0.39, 0.29) is 0 Å². The number of unbranched alkanes of at least 4 members (excludes halogenated alkanes) is 3. The molecule has 0 heterocycles. The summed E-state index contributed by atoms with van der Waals surface area (Å²) in [6.07, 6.45) is 6.25. The second-order valence-corrected chi connectivity index (χ2v) is 3.23. The molecule has 0 aromatic heterocycles. The van der Waals surface area contributed by atoms with Gasteiger partial charge in [-0.05, 0) is 26.3 Å². The summed E-state index contributed by atoms with van der Waals surface area (Å²) < 4.78 is 0. The zero-order chi connectivity index (χ0) is 9.82. The second kappa shape index (κ2) is 13.5. The van der Waals surface area contributed by atoms with Crippen LogP contribution in [0.3, 0.4) is 0 Å². The van der Waals surface area contributed by atoms with Crippen molar-refractivity contribution in [2.75, 3.05) is 6.54 Å². The molecule has 0 saturated heterocycles. The fourth-order valence-corrected chi connectivity index (χ4v) is 0.571. The monoisotopic (exact) mass is 174 g/mol. The Morgan fingerprint density at radius 3 is 1.83 bits per heavy atom. The van der Waals surface area contributed by atoms with Gasteiger partial charge in [0.25, 0.3) is 0 Å². The number of hydrogen-bond donors (Lipinski definition) is 2. The predicted molar refractivity (Wildman–Crippen MR) is 57.1 cm³/mol. The van der Waals surface area contributed by atoms with Crippen molar-refractivity contribution in [3.63, 3.8) is 0 Å². The molecule has 0 radical (unpaired) electrons. The van der Waals surface area contributed by atoms with Gasteiger partial charge < -0.3 is 11.5 Å². The maximum Gasteiger partial charge on any atom is 0.000781 e. The first kappa shape index (κ1) is 14.4. The van der Waals surface area contributed by atoms with Crippen LogP contribution in [0.15, 0.2) is 0 Å². The van der Waals surface area contributed by atoms with Gasteiger partial charge in [-0.3, -0.25) is 0 Å². The second-order valence-electron chi connectivity index (χ2n) is 3.23. The van der Waals surface area contributed by atoms with E-state index >= 15 is 0 Å². The van der Waals surface area contributed by atoms with Gasteiger partial charge in [-0.15, -0.1) is 0 Å². The van der Waals surface area contributed by atoms with Crippen LogP contribution >= 0.6 is 0 Å². The maximum absolute atomic E-state index is 5.29. The summed E-state index contributed by atoms with van der Waals surface area (Å²) in [7, 11) is 0. The summed E-state index contributed by atoms with van der Waals surface area (Å²) in [5.41, 5.74) is 10.6. The Kier molecular flexibility index (Phi) is 16.3. The first-order chi connectivity index (χ1) is 5.68. The van der Waals surface area contributed by atoms with Crippen LogP contribution in [-0.4, -0.2) is 12.6 Å². The highest BCUT2D eigenvalue weighted by Gasteiger charge is 1.80. The molecule has 2 heteroatoms. The van der Waals surface area contributed by atoms with Gasteiger partial charge in [0.05, 0.1) is 0 Å². The minimum absolute atomic E-state index is 0.384. The Bertz CT molecular complexity index is 58.9. The van der Waals surface area contributed by atoms with Gasteiger partial charge in [0, 0.05) is 6.04 Å². The Hall–Kier alpha value is -0.0800. The van der Waals surface area contributed by atoms with Crippen LogP contribution in [0.5, 0.6) is 0 Å². The molecular weight excluding hydrogens is 148 g/mol. The molecule has 0 aromatic rings. The molecule has 0 amide bonds. The summed E-state index contributed by atoms with van der Waals surface area (Å²) in [4.78, 5) is 0. The van der Waals surface area contributed by atoms with Gasteiger partial charge in [0.2, 0.25) is 0 Å². The zero-order valence-corrected chi connectivity index (χ0v) is 8.97. The molecule has 1 atom stereocenters. The van der Waals surface area contributed by atoms with Gasteiger partial charge in [0.1, 0.15) is 0 Å². The summed E-state index contributed by atoms with van der Waals surface area (Å²) in [5.74, 6) is 0. The standard InChI is InChI=1S/C6H15N.C4H11N/c1-2-3-4-5-6-7;1-3-4(2)5/h2-7H2,1H3;4H,3,5H2,1-2H3. The first-order valence-corrected chi connectivity index (χ1v) is 5.14. The molecule has 2 nitrogen and oxygen atoms in total. The van der Waals surface area contributed by atoms with Crippen LogP contribution in [0.1, 0.15) is 52.9 Å². The van der Waals surface area contributed by atoms with Crippen molar-refractivity contribution < 1.29 is 0 Å². The third-order valence-electron chi connectivity index (χ3n) is 1.70. The van der Waals surface area contributed by atoms with E-state index in [0.717, 1.165) is 13.0 Å². The Morgan fingerprint density at radius 2 is 1.58 bits per heavy atom. The van der Waals surface area contributed by atoms with Crippen molar-refractivity contribution in [1.82, 2.24) is 0 Å². The van der Waals surface area contributed by atoms with E-state index in [0.29, 0.717) is 6.04 Å². The van der Waals surface area contributed by atoms with Crippen molar-refractivity contribution in [1.29, 1.82) is 0 Å². The van der Waals surface area contributed by atoms with Crippen molar-refractivity contribution in [2.24, 2.45) is 11.5 Å². The lowest BCUT2D eigenvalue weighted by atomic mass is 10.2. The molecule has 0 rings (SSSR count). The highest BCUT2D eigenvalue weighted by Crippen LogP contribution is 1.95. The van der Waals surface area contributed by atoms with Gasteiger partial charge in [0.15, 0.2) is 0 Å². The lowest BCUT2D eigenvalue weighted by Crippen LogP contribution is -2.11. The van der Waals surface area contributed by atoms with Crippen molar-refractivity contribution in [3.05, 3.63) is 0 Å². The average Bonchev–Trinajstić information content (AvgIpc) is 2.07. The van der Waals surface area contributed by atoms with E-state index in [1.165, 1.54) is 25.7 Å². The Morgan fingerprint density at radius 1 is 1.08 bits per heavy atom. The smallest absolute Gasteiger partial charge is 0.000781 e. The minimum Gasteiger partial charge on any atom is -0.330 e. The fourth-order valence-electron chi connectivity index (χ4n) is 0.571. The van der Waals surface area contributed by atoms with Gasteiger partial charge in [-0.25, -0.2) is 0 Å². The predicted octanol–water partition coefficient (Wildman–Crippen LogP) is 2.27. The van der Waals surface area contributed by atoms with E-state index in [1.807, 2.05) is 6.92 Å². The van der Waals surface area contributed by atoms with Crippen LogP contribution in [0, 0.1) is 0 Å². The van der Waals surface area contributed by atoms with Crippen LogP contribution in [0.25, 0.3) is 0 Å². The lowest BCUT2D eigenvalue weighted by Gasteiger charge is -1.91. The molecule has 0 fully saturated rings. The molecule has 0 aliphatic carbocycles. The average molecular weight is 174 g/mol. The van der Waals surface area contributed by atoms with Gasteiger partial charge in [-0.2, -0.15) is 0 Å². The molecule has 12 heavy (non-hydrogen) atoms. The highest BCUT2D eigenvalue weighted by atomic mass is 14.6. The molecule has 0 aliphatic rings. The minimum atomic E-state index is 0.384. The number of hydrogen-bond acceptors (Lipinski definition) is 2. The molecule has 76 valence electrons. The summed E-state index contributed by atoms with van der Waals surface area (Å²) in [6, 6.07) is 0.384. The Labute approximate surface area is 77.7 Å². The summed E-state index contributed by atoms with van der Waals surface area (Å²) >= 11 is 0. The highest BCUT2D eigenvalue weighted by molar-refractivity contribution is 4.43. The molecule has 4 N–H and O–H groups in total. The van der Waals surface area contributed by atoms with Crippen LogP contribution in [0.2, 0.25) is 0 Å². The van der Waals surface area contributed by atoms with Crippen LogP contribution < -0.4 is 11.5 Å². The van der Waals surface area contributed by atoms with Crippen LogP contribution in [-0.2, 0) is 0 Å².